The van der Waals surface area contributed by atoms with E-state index in [1.807, 2.05) is 6.92 Å². The predicted octanol–water partition coefficient (Wildman–Crippen LogP) is 3.73. The van der Waals surface area contributed by atoms with Gasteiger partial charge in [-0.2, -0.15) is 5.10 Å². The number of aromatic nitrogens is 2. The molecule has 0 bridgehead atoms. The third kappa shape index (κ3) is 3.82. The van der Waals surface area contributed by atoms with Crippen LogP contribution >= 0.6 is 0 Å². The molecule has 1 atom stereocenters. The summed E-state index contributed by atoms with van der Waals surface area (Å²) < 4.78 is 2.06. The Kier molecular flexibility index (Phi) is 4.67. The molecule has 0 spiro atoms. The van der Waals surface area contributed by atoms with E-state index in [9.17, 15) is 5.11 Å². The van der Waals surface area contributed by atoms with E-state index in [1.54, 1.807) is 0 Å². The summed E-state index contributed by atoms with van der Waals surface area (Å²) in [7, 11) is 0. The molecular weight excluding hydrogens is 236 g/mol. The van der Waals surface area contributed by atoms with Crippen LogP contribution in [-0.2, 0) is 6.42 Å². The van der Waals surface area contributed by atoms with Gasteiger partial charge in [0, 0.05) is 12.6 Å². The standard InChI is InChI=1S/C16H28N2O/c1-4-15(5-2)18-10-9-14(17-18)12-16(3,19)11-13-7-6-8-13/h9-10,13,15,19H,4-8,11-12H2,1-3H3. The Bertz CT molecular complexity index is 389. The van der Waals surface area contributed by atoms with Crippen molar-refractivity contribution < 1.29 is 5.11 Å². The minimum atomic E-state index is -0.599. The third-order valence-electron chi connectivity index (χ3n) is 4.50. The van der Waals surface area contributed by atoms with Crippen LogP contribution in [0.2, 0.25) is 0 Å². The minimum Gasteiger partial charge on any atom is -0.390 e. The highest BCUT2D eigenvalue weighted by molar-refractivity contribution is 5.04. The Morgan fingerprint density at radius 3 is 2.63 bits per heavy atom. The van der Waals surface area contributed by atoms with Crippen LogP contribution in [-0.4, -0.2) is 20.5 Å². The van der Waals surface area contributed by atoms with Crippen LogP contribution in [0.3, 0.4) is 0 Å². The van der Waals surface area contributed by atoms with Gasteiger partial charge in [0.15, 0.2) is 0 Å². The van der Waals surface area contributed by atoms with E-state index in [0.717, 1.165) is 30.9 Å². The van der Waals surface area contributed by atoms with Crippen molar-refractivity contribution in [1.29, 1.82) is 0 Å². The Hall–Kier alpha value is -0.830. The fourth-order valence-electron chi connectivity index (χ4n) is 3.12. The van der Waals surface area contributed by atoms with E-state index in [2.05, 4.69) is 35.9 Å². The number of nitrogens with zero attached hydrogens (tertiary/aromatic N) is 2. The summed E-state index contributed by atoms with van der Waals surface area (Å²) in [6.07, 6.45) is 9.79. The summed E-state index contributed by atoms with van der Waals surface area (Å²) in [5, 5.41) is 15.2. The van der Waals surface area contributed by atoms with Crippen molar-refractivity contribution in [1.82, 2.24) is 9.78 Å². The lowest BCUT2D eigenvalue weighted by molar-refractivity contribution is 0.0194. The molecule has 3 nitrogen and oxygen atoms in total. The van der Waals surface area contributed by atoms with Gasteiger partial charge in [0.25, 0.3) is 0 Å². The van der Waals surface area contributed by atoms with E-state index < -0.39 is 5.60 Å². The second kappa shape index (κ2) is 6.08. The topological polar surface area (TPSA) is 38.0 Å². The molecule has 0 aliphatic heterocycles. The lowest BCUT2D eigenvalue weighted by Crippen LogP contribution is -2.32. The number of hydrogen-bond acceptors (Lipinski definition) is 2. The zero-order valence-electron chi connectivity index (χ0n) is 12.6. The number of aliphatic hydroxyl groups is 1. The molecule has 1 aromatic heterocycles. The van der Waals surface area contributed by atoms with E-state index in [0.29, 0.717) is 12.5 Å². The lowest BCUT2D eigenvalue weighted by Gasteiger charge is -2.33. The van der Waals surface area contributed by atoms with E-state index in [1.165, 1.54) is 19.3 Å². The Balaban J connectivity index is 1.94. The summed E-state index contributed by atoms with van der Waals surface area (Å²) in [6, 6.07) is 2.55. The molecule has 0 saturated heterocycles. The first-order valence-corrected chi connectivity index (χ1v) is 7.80. The van der Waals surface area contributed by atoms with E-state index >= 15 is 0 Å². The zero-order valence-corrected chi connectivity index (χ0v) is 12.6. The van der Waals surface area contributed by atoms with Crippen LogP contribution in [0.25, 0.3) is 0 Å². The van der Waals surface area contributed by atoms with Crippen molar-refractivity contribution in [2.75, 3.05) is 0 Å². The van der Waals surface area contributed by atoms with Gasteiger partial charge in [-0.3, -0.25) is 4.68 Å². The number of rotatable bonds is 7. The maximum atomic E-state index is 10.5. The molecule has 1 saturated carbocycles. The average Bonchev–Trinajstić information content (AvgIpc) is 2.73. The van der Waals surface area contributed by atoms with Crippen molar-refractivity contribution in [3.8, 4) is 0 Å². The smallest absolute Gasteiger partial charge is 0.0678 e. The van der Waals surface area contributed by atoms with E-state index in [4.69, 9.17) is 0 Å². The molecule has 19 heavy (non-hydrogen) atoms. The summed E-state index contributed by atoms with van der Waals surface area (Å²) in [6.45, 7) is 6.35. The van der Waals surface area contributed by atoms with E-state index in [-0.39, 0.29) is 0 Å². The Labute approximate surface area is 117 Å². The molecule has 1 aliphatic carbocycles. The molecule has 1 fully saturated rings. The largest absolute Gasteiger partial charge is 0.390 e. The normalized spacial score (nSPS) is 19.4. The summed E-state index contributed by atoms with van der Waals surface area (Å²) in [5.41, 5.74) is 0.425. The molecule has 1 heterocycles. The quantitative estimate of drug-likeness (QED) is 0.815. The van der Waals surface area contributed by atoms with Crippen molar-refractivity contribution in [2.24, 2.45) is 5.92 Å². The summed E-state index contributed by atoms with van der Waals surface area (Å²) >= 11 is 0. The average molecular weight is 264 g/mol. The molecule has 108 valence electrons. The molecule has 0 radical (unpaired) electrons. The van der Waals surface area contributed by atoms with Crippen LogP contribution in [0.15, 0.2) is 12.3 Å². The van der Waals surface area contributed by atoms with Gasteiger partial charge >= 0.3 is 0 Å². The Morgan fingerprint density at radius 1 is 1.42 bits per heavy atom. The Morgan fingerprint density at radius 2 is 2.11 bits per heavy atom. The minimum absolute atomic E-state index is 0.491. The second-order valence-corrected chi connectivity index (χ2v) is 6.43. The van der Waals surface area contributed by atoms with Gasteiger partial charge in [-0.1, -0.05) is 33.1 Å². The zero-order chi connectivity index (χ0) is 13.9. The first kappa shape index (κ1) is 14.6. The summed E-state index contributed by atoms with van der Waals surface area (Å²) in [5.74, 6) is 0.733. The van der Waals surface area contributed by atoms with Crippen LogP contribution in [0.1, 0.15) is 71.0 Å². The van der Waals surface area contributed by atoms with Gasteiger partial charge < -0.3 is 5.11 Å². The van der Waals surface area contributed by atoms with Crippen molar-refractivity contribution in [3.63, 3.8) is 0 Å². The monoisotopic (exact) mass is 264 g/mol. The van der Waals surface area contributed by atoms with Crippen LogP contribution in [0.4, 0.5) is 0 Å². The lowest BCUT2D eigenvalue weighted by atomic mass is 9.76. The van der Waals surface area contributed by atoms with Crippen molar-refractivity contribution >= 4 is 0 Å². The highest BCUT2D eigenvalue weighted by atomic mass is 16.3. The van der Waals surface area contributed by atoms with Crippen LogP contribution < -0.4 is 0 Å². The number of hydrogen-bond donors (Lipinski definition) is 1. The third-order valence-corrected chi connectivity index (χ3v) is 4.50. The molecule has 1 N–H and O–H groups in total. The van der Waals surface area contributed by atoms with Crippen molar-refractivity contribution in [3.05, 3.63) is 18.0 Å². The van der Waals surface area contributed by atoms with Crippen LogP contribution in [0.5, 0.6) is 0 Å². The molecule has 0 aromatic carbocycles. The molecule has 1 unspecified atom stereocenters. The van der Waals surface area contributed by atoms with Gasteiger partial charge in [0.05, 0.1) is 17.3 Å². The maximum absolute atomic E-state index is 10.5. The second-order valence-electron chi connectivity index (χ2n) is 6.43. The van der Waals surface area contributed by atoms with Gasteiger partial charge in [0.2, 0.25) is 0 Å². The molecule has 1 aromatic rings. The van der Waals surface area contributed by atoms with Gasteiger partial charge in [-0.25, -0.2) is 0 Å². The SMILES string of the molecule is CCC(CC)n1ccc(CC(C)(O)CC2CCC2)n1. The fourth-order valence-corrected chi connectivity index (χ4v) is 3.12. The molecule has 0 amide bonds. The van der Waals surface area contributed by atoms with Gasteiger partial charge in [-0.05, 0) is 38.2 Å². The highest BCUT2D eigenvalue weighted by Gasteiger charge is 2.29. The van der Waals surface area contributed by atoms with Crippen molar-refractivity contribution in [2.45, 2.75) is 77.4 Å². The fraction of sp³-hybridized carbons (Fsp3) is 0.812. The maximum Gasteiger partial charge on any atom is 0.0678 e. The van der Waals surface area contributed by atoms with Gasteiger partial charge in [0.1, 0.15) is 0 Å². The first-order valence-electron chi connectivity index (χ1n) is 7.80. The molecule has 2 rings (SSSR count). The molecule has 1 aliphatic rings. The molecular formula is C16H28N2O. The predicted molar refractivity (Wildman–Crippen MR) is 78.1 cm³/mol. The first-order chi connectivity index (χ1) is 9.04. The van der Waals surface area contributed by atoms with Gasteiger partial charge in [-0.15, -0.1) is 0 Å². The highest BCUT2D eigenvalue weighted by Crippen LogP contribution is 2.34. The van der Waals surface area contributed by atoms with Crippen LogP contribution in [0, 0.1) is 5.92 Å². The summed E-state index contributed by atoms with van der Waals surface area (Å²) in [4.78, 5) is 0. The molecule has 3 heteroatoms.